The minimum atomic E-state index is -0.359. The van der Waals surface area contributed by atoms with Crippen molar-refractivity contribution in [2.45, 2.75) is 46.1 Å². The molecule has 0 spiro atoms. The van der Waals surface area contributed by atoms with Gasteiger partial charge in [-0.25, -0.2) is 10.5 Å². The van der Waals surface area contributed by atoms with E-state index >= 15 is 0 Å². The highest BCUT2D eigenvalue weighted by molar-refractivity contribution is 6.04. The summed E-state index contributed by atoms with van der Waals surface area (Å²) in [5.74, 6) is 0.850. The van der Waals surface area contributed by atoms with Crippen molar-refractivity contribution in [2.75, 3.05) is 26.2 Å². The Balaban J connectivity index is 0.00000387. The topological polar surface area (TPSA) is 57.2 Å². The Hall–Kier alpha value is -3.70. The molecule has 1 N–H and O–H groups in total. The molecule has 2 unspecified atom stereocenters. The molecule has 1 fully saturated rings. The van der Waals surface area contributed by atoms with E-state index in [-0.39, 0.29) is 24.8 Å². The second-order valence-electron chi connectivity index (χ2n) is 11.8. The fourth-order valence-corrected chi connectivity index (χ4v) is 5.72. The van der Waals surface area contributed by atoms with Crippen LogP contribution in [0.3, 0.4) is 0 Å². The predicted molar refractivity (Wildman–Crippen MR) is 165 cm³/mol. The first-order valence-corrected chi connectivity index (χ1v) is 14.2. The highest BCUT2D eigenvalue weighted by atomic mass is 16.7. The highest BCUT2D eigenvalue weighted by Gasteiger charge is 2.41. The number of nitrogens with one attached hydrogen (secondary N) is 1. The molecule has 6 heteroatoms. The number of benzene rings is 3. The summed E-state index contributed by atoms with van der Waals surface area (Å²) in [5.41, 5.74) is 9.87. The number of hydroxylamine groups is 1. The van der Waals surface area contributed by atoms with Crippen LogP contribution in [0.2, 0.25) is 0 Å². The van der Waals surface area contributed by atoms with Crippen molar-refractivity contribution in [1.82, 2.24) is 15.3 Å². The Morgan fingerprint density at radius 3 is 2.40 bits per heavy atom. The van der Waals surface area contributed by atoms with E-state index in [1.165, 1.54) is 0 Å². The number of nitrogens with zero attached hydrogens (tertiary/aromatic N) is 3. The standard InChI is InChI=1S/C34H40N4O2.H2/c1-7-30-28-18-26-16-12-13-17-27(26)19-29(28)36-32(38(30)8-2)23(3)31(25-14-10-9-11-15-25)33(39)37-21-24(22-37)20-35-40-34(4,5)6;/h9-19,23-24,31,35H,1,8,20-22H2,2-6H3;1H. The van der Waals surface area contributed by atoms with Crippen LogP contribution < -0.4 is 5.48 Å². The van der Waals surface area contributed by atoms with E-state index in [0.29, 0.717) is 25.6 Å². The average Bonchev–Trinajstić information content (AvgIpc) is 2.92. The van der Waals surface area contributed by atoms with Gasteiger partial charge in [0, 0.05) is 45.0 Å². The minimum absolute atomic E-state index is 0. The number of rotatable bonds is 8. The molecule has 40 heavy (non-hydrogen) atoms. The predicted octanol–water partition coefficient (Wildman–Crippen LogP) is 6.78. The normalized spacial score (nSPS) is 17.1. The third kappa shape index (κ3) is 5.62. The van der Waals surface area contributed by atoms with Gasteiger partial charge in [-0.1, -0.05) is 68.1 Å². The molecular formula is C34H42N4O2. The molecule has 2 aliphatic heterocycles. The van der Waals surface area contributed by atoms with Crippen LogP contribution in [0.15, 0.2) is 84.0 Å². The number of fused-ring (bicyclic) bond motifs is 2. The summed E-state index contributed by atoms with van der Waals surface area (Å²) < 4.78 is 0. The van der Waals surface area contributed by atoms with Crippen LogP contribution in [0.1, 0.15) is 53.1 Å². The Morgan fingerprint density at radius 1 is 1.12 bits per heavy atom. The molecule has 5 rings (SSSR count). The summed E-state index contributed by atoms with van der Waals surface area (Å²) in [6.07, 6.45) is 0. The minimum Gasteiger partial charge on any atom is -0.341 e. The van der Waals surface area contributed by atoms with Gasteiger partial charge in [-0.2, -0.15) is 0 Å². The number of amides is 1. The first-order chi connectivity index (χ1) is 19.2. The number of likely N-dealkylation sites (tertiary alicyclic amines) is 1. The van der Waals surface area contributed by atoms with Crippen LogP contribution in [0.4, 0.5) is 5.69 Å². The van der Waals surface area contributed by atoms with Gasteiger partial charge in [-0.15, -0.1) is 5.73 Å². The summed E-state index contributed by atoms with van der Waals surface area (Å²) in [5, 5.41) is 2.29. The summed E-state index contributed by atoms with van der Waals surface area (Å²) in [4.78, 5) is 29.2. The quantitative estimate of drug-likeness (QED) is 0.254. The maximum absolute atomic E-state index is 14.1. The Bertz CT molecular complexity index is 1470. The van der Waals surface area contributed by atoms with Crippen molar-refractivity contribution >= 4 is 33.9 Å². The number of carbonyl (C=O) groups excluding carboxylic acids is 1. The molecule has 0 radical (unpaired) electrons. The molecule has 6 nitrogen and oxygen atoms in total. The molecule has 0 saturated carbocycles. The third-order valence-electron chi connectivity index (χ3n) is 7.74. The lowest BCUT2D eigenvalue weighted by Crippen LogP contribution is -2.56. The van der Waals surface area contributed by atoms with Crippen LogP contribution in [0.5, 0.6) is 0 Å². The SMILES string of the molecule is C=C=C1c2cc3ccccc3cc2N=C(C(C)C(C(=O)N2CC(CNOC(C)(C)C)C2)c2ccccc2)N1CC.[HH]. The molecule has 0 aromatic heterocycles. The Labute approximate surface area is 239 Å². The molecule has 2 atom stereocenters. The van der Waals surface area contributed by atoms with Crippen LogP contribution in [-0.4, -0.2) is 53.3 Å². The molecule has 210 valence electrons. The van der Waals surface area contributed by atoms with Crippen molar-refractivity contribution in [3.63, 3.8) is 0 Å². The molecule has 3 aromatic rings. The van der Waals surface area contributed by atoms with Crippen molar-refractivity contribution in [3.05, 3.63) is 90.2 Å². The van der Waals surface area contributed by atoms with E-state index in [9.17, 15) is 4.79 Å². The average molecular weight is 539 g/mol. The lowest BCUT2D eigenvalue weighted by atomic mass is 9.82. The van der Waals surface area contributed by atoms with Gasteiger partial charge in [0.1, 0.15) is 5.84 Å². The molecule has 1 amide bonds. The molecule has 2 aliphatic rings. The van der Waals surface area contributed by atoms with E-state index < -0.39 is 0 Å². The van der Waals surface area contributed by atoms with E-state index in [4.69, 9.17) is 9.83 Å². The molecule has 0 aliphatic carbocycles. The number of hydrogen-bond acceptors (Lipinski definition) is 5. The molecule has 0 bridgehead atoms. The van der Waals surface area contributed by atoms with Gasteiger partial charge in [0.15, 0.2) is 0 Å². The zero-order chi connectivity index (χ0) is 28.4. The van der Waals surface area contributed by atoms with Crippen LogP contribution in [-0.2, 0) is 9.63 Å². The summed E-state index contributed by atoms with van der Waals surface area (Å²) in [6, 6.07) is 22.7. The van der Waals surface area contributed by atoms with Gasteiger partial charge in [-0.05, 0) is 56.2 Å². The zero-order valence-electron chi connectivity index (χ0n) is 24.3. The highest BCUT2D eigenvalue weighted by Crippen LogP contribution is 2.41. The van der Waals surface area contributed by atoms with Crippen LogP contribution >= 0.6 is 0 Å². The van der Waals surface area contributed by atoms with Crippen LogP contribution in [0, 0.1) is 11.8 Å². The lowest BCUT2D eigenvalue weighted by Gasteiger charge is -2.43. The van der Waals surface area contributed by atoms with E-state index in [1.807, 2.05) is 56.0 Å². The number of carbonyl (C=O) groups is 1. The van der Waals surface area contributed by atoms with E-state index in [0.717, 1.165) is 45.7 Å². The Morgan fingerprint density at radius 2 is 1.77 bits per heavy atom. The van der Waals surface area contributed by atoms with Crippen molar-refractivity contribution in [3.8, 4) is 0 Å². The second kappa shape index (κ2) is 11.4. The van der Waals surface area contributed by atoms with Gasteiger partial charge in [0.05, 0.1) is 22.9 Å². The van der Waals surface area contributed by atoms with Crippen molar-refractivity contribution < 1.29 is 11.1 Å². The van der Waals surface area contributed by atoms with Gasteiger partial charge in [0.25, 0.3) is 0 Å². The molecular weight excluding hydrogens is 496 g/mol. The smallest absolute Gasteiger partial charge is 0.230 e. The molecule has 2 heterocycles. The van der Waals surface area contributed by atoms with Crippen molar-refractivity contribution in [1.29, 1.82) is 0 Å². The molecule has 1 saturated heterocycles. The number of aliphatic imine (C=N–C) groups is 1. The first kappa shape index (κ1) is 27.9. The van der Waals surface area contributed by atoms with Crippen molar-refractivity contribution in [2.24, 2.45) is 16.8 Å². The van der Waals surface area contributed by atoms with Gasteiger partial charge >= 0.3 is 0 Å². The largest absolute Gasteiger partial charge is 0.341 e. The van der Waals surface area contributed by atoms with Gasteiger partial charge in [0.2, 0.25) is 5.91 Å². The van der Waals surface area contributed by atoms with E-state index in [1.54, 1.807) is 0 Å². The van der Waals surface area contributed by atoms with Gasteiger partial charge in [-0.3, -0.25) is 9.63 Å². The summed E-state index contributed by atoms with van der Waals surface area (Å²) in [7, 11) is 0. The Kier molecular flexibility index (Phi) is 7.95. The van der Waals surface area contributed by atoms with E-state index in [2.05, 4.69) is 72.9 Å². The second-order valence-corrected chi connectivity index (χ2v) is 11.8. The fourth-order valence-electron chi connectivity index (χ4n) is 5.72. The van der Waals surface area contributed by atoms with Gasteiger partial charge < -0.3 is 9.80 Å². The first-order valence-electron chi connectivity index (χ1n) is 14.2. The fraction of sp³-hybridized carbons (Fsp3) is 0.382. The molecule has 3 aromatic carbocycles. The maximum atomic E-state index is 14.1. The lowest BCUT2D eigenvalue weighted by molar-refractivity contribution is -0.142. The monoisotopic (exact) mass is 538 g/mol. The zero-order valence-corrected chi connectivity index (χ0v) is 24.3. The summed E-state index contributed by atoms with van der Waals surface area (Å²) in [6.45, 7) is 17.2. The third-order valence-corrected chi connectivity index (χ3v) is 7.74. The summed E-state index contributed by atoms with van der Waals surface area (Å²) >= 11 is 0. The van der Waals surface area contributed by atoms with Crippen LogP contribution in [0.25, 0.3) is 16.5 Å². The maximum Gasteiger partial charge on any atom is 0.230 e. The number of amidine groups is 1. The number of hydrogen-bond donors (Lipinski definition) is 1.